The largest absolute Gasteiger partial charge is 0.494 e. The Morgan fingerprint density at radius 2 is 1.65 bits per heavy atom. The van der Waals surface area contributed by atoms with Crippen LogP contribution in [0.3, 0.4) is 0 Å². The van der Waals surface area contributed by atoms with Crippen molar-refractivity contribution in [2.45, 2.75) is 33.3 Å². The average Bonchev–Trinajstić information content (AvgIpc) is 2.45. The third-order valence-electron chi connectivity index (χ3n) is 2.87. The zero-order chi connectivity index (χ0) is 14.4. The maximum absolute atomic E-state index is 5.73. The molecule has 2 aromatic rings. The van der Waals surface area contributed by atoms with E-state index in [1.54, 1.807) is 0 Å². The van der Waals surface area contributed by atoms with Crippen molar-refractivity contribution in [1.82, 2.24) is 0 Å². The zero-order valence-corrected chi connectivity index (χ0v) is 12.4. The molecule has 0 aliphatic carbocycles. The highest BCUT2D eigenvalue weighted by Gasteiger charge is 2.02. The van der Waals surface area contributed by atoms with Crippen LogP contribution in [-0.4, -0.2) is 12.7 Å². The number of rotatable bonds is 6. The molecule has 0 aliphatic rings. The first-order valence-corrected chi connectivity index (χ1v) is 7.19. The molecular formula is C18H22O2. The highest BCUT2D eigenvalue weighted by molar-refractivity contribution is 5.65. The van der Waals surface area contributed by atoms with E-state index in [1.807, 2.05) is 38.1 Å². The molecule has 2 aromatic carbocycles. The molecule has 0 N–H and O–H groups in total. The summed E-state index contributed by atoms with van der Waals surface area (Å²) in [5.41, 5.74) is 2.33. The molecule has 0 fully saturated rings. The van der Waals surface area contributed by atoms with Gasteiger partial charge in [-0.3, -0.25) is 0 Å². The lowest BCUT2D eigenvalue weighted by Crippen LogP contribution is -2.05. The van der Waals surface area contributed by atoms with E-state index in [0.717, 1.165) is 30.1 Å². The minimum Gasteiger partial charge on any atom is -0.494 e. The second-order valence-electron chi connectivity index (χ2n) is 5.07. The summed E-state index contributed by atoms with van der Waals surface area (Å²) in [7, 11) is 0. The van der Waals surface area contributed by atoms with Crippen LogP contribution in [0.1, 0.15) is 27.2 Å². The molecule has 0 aliphatic heterocycles. The fraction of sp³-hybridized carbons (Fsp3) is 0.333. The first-order valence-electron chi connectivity index (χ1n) is 7.19. The molecule has 20 heavy (non-hydrogen) atoms. The predicted octanol–water partition coefficient (Wildman–Crippen LogP) is 4.93. The van der Waals surface area contributed by atoms with Crippen molar-refractivity contribution in [3.8, 4) is 22.6 Å². The van der Waals surface area contributed by atoms with Gasteiger partial charge in [0, 0.05) is 0 Å². The number of hydrogen-bond donors (Lipinski definition) is 0. The van der Waals surface area contributed by atoms with Crippen LogP contribution in [0.15, 0.2) is 48.5 Å². The second-order valence-corrected chi connectivity index (χ2v) is 5.07. The predicted molar refractivity (Wildman–Crippen MR) is 83.4 cm³/mol. The minimum atomic E-state index is 0.190. The summed E-state index contributed by atoms with van der Waals surface area (Å²) < 4.78 is 11.3. The molecule has 0 heterocycles. The Balaban J connectivity index is 2.14. The van der Waals surface area contributed by atoms with Crippen LogP contribution in [-0.2, 0) is 0 Å². The van der Waals surface area contributed by atoms with E-state index in [-0.39, 0.29) is 6.10 Å². The molecule has 0 radical (unpaired) electrons. The van der Waals surface area contributed by atoms with Gasteiger partial charge in [0.1, 0.15) is 11.5 Å². The van der Waals surface area contributed by atoms with Gasteiger partial charge in [0.2, 0.25) is 0 Å². The van der Waals surface area contributed by atoms with Crippen molar-refractivity contribution in [3.05, 3.63) is 48.5 Å². The summed E-state index contributed by atoms with van der Waals surface area (Å²) in [5.74, 6) is 1.83. The Morgan fingerprint density at radius 3 is 2.30 bits per heavy atom. The molecule has 0 aromatic heterocycles. The molecule has 0 bridgehead atoms. The standard InChI is InChI=1S/C18H22O2/c1-4-12-19-17-10-8-15(9-11-17)16-6-5-7-18(13-16)20-14(2)3/h5-11,13-14H,4,12H2,1-3H3. The van der Waals surface area contributed by atoms with E-state index in [1.165, 1.54) is 5.56 Å². The van der Waals surface area contributed by atoms with Crippen LogP contribution in [0.5, 0.6) is 11.5 Å². The topological polar surface area (TPSA) is 18.5 Å². The molecule has 0 atom stereocenters. The van der Waals surface area contributed by atoms with Crippen molar-refractivity contribution in [2.24, 2.45) is 0 Å². The maximum Gasteiger partial charge on any atom is 0.120 e. The lowest BCUT2D eigenvalue weighted by Gasteiger charge is -2.11. The van der Waals surface area contributed by atoms with E-state index in [2.05, 4.69) is 31.2 Å². The van der Waals surface area contributed by atoms with E-state index >= 15 is 0 Å². The van der Waals surface area contributed by atoms with Gasteiger partial charge in [-0.2, -0.15) is 0 Å². The Labute approximate surface area is 121 Å². The van der Waals surface area contributed by atoms with Gasteiger partial charge in [0.25, 0.3) is 0 Å². The molecule has 2 nitrogen and oxygen atoms in total. The fourth-order valence-electron chi connectivity index (χ4n) is 1.98. The highest BCUT2D eigenvalue weighted by Crippen LogP contribution is 2.26. The molecule has 0 unspecified atom stereocenters. The van der Waals surface area contributed by atoms with Crippen LogP contribution in [0, 0.1) is 0 Å². The monoisotopic (exact) mass is 270 g/mol. The highest BCUT2D eigenvalue weighted by atomic mass is 16.5. The average molecular weight is 270 g/mol. The normalized spacial score (nSPS) is 10.6. The van der Waals surface area contributed by atoms with Crippen LogP contribution in [0.25, 0.3) is 11.1 Å². The first kappa shape index (κ1) is 14.4. The van der Waals surface area contributed by atoms with Gasteiger partial charge in [0.05, 0.1) is 12.7 Å². The zero-order valence-electron chi connectivity index (χ0n) is 12.4. The van der Waals surface area contributed by atoms with Crippen molar-refractivity contribution in [2.75, 3.05) is 6.61 Å². The van der Waals surface area contributed by atoms with E-state index < -0.39 is 0 Å². The van der Waals surface area contributed by atoms with Crippen LogP contribution in [0.2, 0.25) is 0 Å². The van der Waals surface area contributed by atoms with Gasteiger partial charge in [-0.05, 0) is 55.7 Å². The van der Waals surface area contributed by atoms with Crippen LogP contribution >= 0.6 is 0 Å². The van der Waals surface area contributed by atoms with Crippen molar-refractivity contribution in [3.63, 3.8) is 0 Å². The van der Waals surface area contributed by atoms with Gasteiger partial charge in [-0.1, -0.05) is 31.2 Å². The summed E-state index contributed by atoms with van der Waals surface area (Å²) in [5, 5.41) is 0. The molecule has 2 heteroatoms. The third kappa shape index (κ3) is 4.02. The number of ether oxygens (including phenoxy) is 2. The lowest BCUT2D eigenvalue weighted by atomic mass is 10.1. The Hall–Kier alpha value is -1.96. The third-order valence-corrected chi connectivity index (χ3v) is 2.87. The molecule has 0 saturated carbocycles. The number of benzene rings is 2. The van der Waals surface area contributed by atoms with E-state index in [9.17, 15) is 0 Å². The van der Waals surface area contributed by atoms with Gasteiger partial charge in [-0.15, -0.1) is 0 Å². The quantitative estimate of drug-likeness (QED) is 0.741. The second kappa shape index (κ2) is 6.99. The minimum absolute atomic E-state index is 0.190. The lowest BCUT2D eigenvalue weighted by molar-refractivity contribution is 0.242. The summed E-state index contributed by atoms with van der Waals surface area (Å²) in [6.45, 7) is 6.94. The smallest absolute Gasteiger partial charge is 0.120 e. The van der Waals surface area contributed by atoms with E-state index in [4.69, 9.17) is 9.47 Å². The molecule has 2 rings (SSSR count). The van der Waals surface area contributed by atoms with Crippen LogP contribution < -0.4 is 9.47 Å². The Kier molecular flexibility index (Phi) is 5.05. The van der Waals surface area contributed by atoms with Gasteiger partial charge in [-0.25, -0.2) is 0 Å². The SMILES string of the molecule is CCCOc1ccc(-c2cccc(OC(C)C)c2)cc1. The Bertz CT molecular complexity index is 529. The van der Waals surface area contributed by atoms with Gasteiger partial charge < -0.3 is 9.47 Å². The van der Waals surface area contributed by atoms with Crippen molar-refractivity contribution < 1.29 is 9.47 Å². The Morgan fingerprint density at radius 1 is 0.900 bits per heavy atom. The summed E-state index contributed by atoms with van der Waals surface area (Å²) in [6.07, 6.45) is 1.21. The summed E-state index contributed by atoms with van der Waals surface area (Å²) in [4.78, 5) is 0. The molecule has 0 amide bonds. The summed E-state index contributed by atoms with van der Waals surface area (Å²) in [6, 6.07) is 16.4. The molecule has 0 saturated heterocycles. The molecule has 0 spiro atoms. The fourth-order valence-corrected chi connectivity index (χ4v) is 1.98. The van der Waals surface area contributed by atoms with Crippen LogP contribution in [0.4, 0.5) is 0 Å². The van der Waals surface area contributed by atoms with E-state index in [0.29, 0.717) is 0 Å². The molecular weight excluding hydrogens is 248 g/mol. The first-order chi connectivity index (χ1) is 9.69. The number of hydrogen-bond acceptors (Lipinski definition) is 2. The van der Waals surface area contributed by atoms with Gasteiger partial charge >= 0.3 is 0 Å². The van der Waals surface area contributed by atoms with Crippen molar-refractivity contribution >= 4 is 0 Å². The van der Waals surface area contributed by atoms with Gasteiger partial charge in [0.15, 0.2) is 0 Å². The summed E-state index contributed by atoms with van der Waals surface area (Å²) >= 11 is 0. The maximum atomic E-state index is 5.73. The molecule has 106 valence electrons. The van der Waals surface area contributed by atoms with Crippen molar-refractivity contribution in [1.29, 1.82) is 0 Å².